The van der Waals surface area contributed by atoms with Gasteiger partial charge in [0.25, 0.3) is 0 Å². The summed E-state index contributed by atoms with van der Waals surface area (Å²) in [5.41, 5.74) is 0. The van der Waals surface area contributed by atoms with Crippen molar-refractivity contribution in [3.8, 4) is 0 Å². The molecule has 0 aliphatic carbocycles. The molecule has 286 valence electrons. The Kier molecular flexibility index (Phi) is 24.9. The summed E-state index contributed by atoms with van der Waals surface area (Å²) in [6.45, 7) is 4.27. The van der Waals surface area contributed by atoms with Crippen LogP contribution >= 0.6 is 6.83 Å². The quantitative estimate of drug-likeness (QED) is 0.0383. The van der Waals surface area contributed by atoms with Gasteiger partial charge in [-0.25, -0.2) is 0 Å². The van der Waals surface area contributed by atoms with Crippen LogP contribution < -0.4 is 0 Å². The number of hydrogen-bond acceptors (Lipinski definition) is 4. The zero-order chi connectivity index (χ0) is 35.7. The molecule has 12 heteroatoms. The molecule has 0 heterocycles. The SMILES string of the molecule is CCCCCCCCCCCCCCP(CCCCCC)(CCCCCC)(CCCCCC)OS(=O)(=O)C(F)(F)C(F)OC(F)(F)F. The van der Waals surface area contributed by atoms with E-state index in [4.69, 9.17) is 3.97 Å². The molecule has 4 nitrogen and oxygen atoms in total. The van der Waals surface area contributed by atoms with E-state index < -0.39 is 34.9 Å². The van der Waals surface area contributed by atoms with Gasteiger partial charge in [0.1, 0.15) is 0 Å². The molecule has 0 amide bonds. The van der Waals surface area contributed by atoms with Crippen molar-refractivity contribution in [1.29, 1.82) is 0 Å². The fourth-order valence-electron chi connectivity index (χ4n) is 6.61. The van der Waals surface area contributed by atoms with Gasteiger partial charge in [0.15, 0.2) is 0 Å². The third-order valence-corrected chi connectivity index (χ3v) is 18.6. The first-order valence-corrected chi connectivity index (χ1v) is 23.2. The molecule has 0 saturated carbocycles. The topological polar surface area (TPSA) is 52.6 Å². The van der Waals surface area contributed by atoms with Crippen molar-refractivity contribution in [2.75, 3.05) is 24.6 Å². The molecular weight excluding hydrogens is 661 g/mol. The van der Waals surface area contributed by atoms with Gasteiger partial charge in [-0.2, -0.15) is 0 Å². The summed E-state index contributed by atoms with van der Waals surface area (Å²) < 4.78 is 118. The van der Waals surface area contributed by atoms with Crippen LogP contribution in [0, 0.1) is 0 Å². The molecule has 1 atom stereocenters. The van der Waals surface area contributed by atoms with Crippen molar-refractivity contribution in [1.82, 2.24) is 0 Å². The van der Waals surface area contributed by atoms with Gasteiger partial charge < -0.3 is 0 Å². The molecule has 1 unspecified atom stereocenters. The zero-order valence-corrected chi connectivity index (χ0v) is 31.8. The Hall–Kier alpha value is -0.120. The Morgan fingerprint density at radius 1 is 0.489 bits per heavy atom. The van der Waals surface area contributed by atoms with E-state index in [0.29, 0.717) is 50.3 Å². The van der Waals surface area contributed by atoms with E-state index in [2.05, 4.69) is 11.7 Å². The summed E-state index contributed by atoms with van der Waals surface area (Å²) in [5.74, 6) is 0. The minimum absolute atomic E-state index is 0.300. The normalized spacial score (nSPS) is 14.7. The molecule has 0 N–H and O–H groups in total. The predicted molar refractivity (Wildman–Crippen MR) is 187 cm³/mol. The summed E-state index contributed by atoms with van der Waals surface area (Å²) in [6, 6.07) is 0. The fourth-order valence-corrected chi connectivity index (χ4v) is 16.1. The van der Waals surface area contributed by atoms with Crippen molar-refractivity contribution in [3.05, 3.63) is 0 Å². The molecule has 0 aromatic carbocycles. The maximum absolute atomic E-state index is 15.1. The van der Waals surface area contributed by atoms with Gasteiger partial charge in [0.2, 0.25) is 0 Å². The Labute approximate surface area is 284 Å². The molecule has 47 heavy (non-hydrogen) atoms. The average molecular weight is 731 g/mol. The second kappa shape index (κ2) is 24.9. The Bertz CT molecular complexity index is 839. The van der Waals surface area contributed by atoms with E-state index in [1.54, 1.807) is 0 Å². The van der Waals surface area contributed by atoms with Crippen LogP contribution in [-0.2, 0) is 18.8 Å². The van der Waals surface area contributed by atoms with Crippen molar-refractivity contribution in [2.45, 2.75) is 200 Å². The number of ether oxygens (including phenoxy) is 1. The van der Waals surface area contributed by atoms with E-state index >= 15 is 8.78 Å². The molecule has 0 fully saturated rings. The van der Waals surface area contributed by atoms with Gasteiger partial charge in [-0.3, -0.25) is 0 Å². The van der Waals surface area contributed by atoms with Gasteiger partial charge in [0.05, 0.1) is 0 Å². The van der Waals surface area contributed by atoms with Crippen molar-refractivity contribution >= 4 is 16.9 Å². The molecule has 0 rings (SSSR count). The predicted octanol–water partition coefficient (Wildman–Crippen LogP) is 13.7. The minimum atomic E-state index is -6.12. The molecule has 0 aromatic rings. The molecular formula is C35H69F6O4PS. The zero-order valence-electron chi connectivity index (χ0n) is 30.1. The summed E-state index contributed by atoms with van der Waals surface area (Å²) in [7, 11) is -6.12. The van der Waals surface area contributed by atoms with Crippen LogP contribution in [0.1, 0.15) is 182 Å². The Morgan fingerprint density at radius 2 is 0.745 bits per heavy atom. The van der Waals surface area contributed by atoms with E-state index in [9.17, 15) is 26.0 Å². The second-order valence-corrected chi connectivity index (χ2v) is 21.3. The number of halogens is 6. The van der Waals surface area contributed by atoms with E-state index in [1.807, 2.05) is 20.8 Å². The molecule has 0 aliphatic heterocycles. The van der Waals surface area contributed by atoms with Crippen LogP contribution in [0.3, 0.4) is 0 Å². The first kappa shape index (κ1) is 46.9. The first-order chi connectivity index (χ1) is 22.1. The van der Waals surface area contributed by atoms with E-state index in [1.165, 1.54) is 44.9 Å². The molecule has 0 saturated heterocycles. The Balaban J connectivity index is 6.23. The summed E-state index contributed by atoms with van der Waals surface area (Å²) >= 11 is 0. The van der Waals surface area contributed by atoms with Gasteiger partial charge in [0, 0.05) is 0 Å². The molecule has 0 radical (unpaired) electrons. The van der Waals surface area contributed by atoms with Crippen molar-refractivity contribution < 1.29 is 43.5 Å². The maximum atomic E-state index is 15.1. The number of rotatable bonds is 33. The third-order valence-electron chi connectivity index (χ3n) is 9.45. The van der Waals surface area contributed by atoms with Crippen molar-refractivity contribution in [3.63, 3.8) is 0 Å². The molecule has 0 aromatic heterocycles. The van der Waals surface area contributed by atoms with Crippen LogP contribution in [0.5, 0.6) is 0 Å². The van der Waals surface area contributed by atoms with Gasteiger partial charge >= 0.3 is 271 Å². The third kappa shape index (κ3) is 19.7. The summed E-state index contributed by atoms with van der Waals surface area (Å²) in [6.07, 6.45) is 13.5. The van der Waals surface area contributed by atoms with Gasteiger partial charge in [-0.1, -0.05) is 13.3 Å². The monoisotopic (exact) mass is 730 g/mol. The summed E-state index contributed by atoms with van der Waals surface area (Å²) in [4.78, 5) is 0. The van der Waals surface area contributed by atoms with Crippen molar-refractivity contribution in [2.24, 2.45) is 0 Å². The van der Waals surface area contributed by atoms with E-state index in [-0.39, 0.29) is 0 Å². The summed E-state index contributed by atoms with van der Waals surface area (Å²) in [5, 5.41) is -5.52. The van der Waals surface area contributed by atoms with Gasteiger partial charge in [-0.15, -0.1) is 0 Å². The molecule has 0 spiro atoms. The number of hydrogen-bond donors (Lipinski definition) is 0. The van der Waals surface area contributed by atoms with Crippen LogP contribution in [0.15, 0.2) is 0 Å². The Morgan fingerprint density at radius 3 is 1.02 bits per heavy atom. The average Bonchev–Trinajstić information content (AvgIpc) is 2.99. The van der Waals surface area contributed by atoms with Gasteiger partial charge in [-0.05, 0) is 0 Å². The van der Waals surface area contributed by atoms with Crippen LogP contribution in [0.25, 0.3) is 0 Å². The van der Waals surface area contributed by atoms with Crippen LogP contribution in [-0.4, -0.2) is 51.0 Å². The van der Waals surface area contributed by atoms with E-state index in [0.717, 1.165) is 83.5 Å². The second-order valence-electron chi connectivity index (χ2n) is 13.8. The molecule has 0 aliphatic rings. The molecule has 0 bridgehead atoms. The fraction of sp³-hybridized carbons (Fsp3) is 1.00. The number of alkyl halides is 6. The number of unbranched alkanes of at least 4 members (excludes halogenated alkanes) is 20. The van der Waals surface area contributed by atoms with Crippen LogP contribution in [0.2, 0.25) is 0 Å². The first-order valence-electron chi connectivity index (χ1n) is 18.9. The standard InChI is InChI=1S/C35H69F6O4PS/c1-5-9-13-17-18-19-20-21-22-23-24-28-32-46(29-25-14-10-6-2,30-26-15-11-7-3,31-27-16-12-8-4)45-47(42,43)34(37,38)33(36)44-35(39,40)41/h33H,5-32H2,1-4H3. The van der Waals surface area contributed by atoms with Crippen LogP contribution in [0.4, 0.5) is 26.3 Å².